The van der Waals surface area contributed by atoms with E-state index in [0.29, 0.717) is 0 Å². The molecule has 2 nitrogen and oxygen atoms in total. The first-order valence-corrected chi connectivity index (χ1v) is 5.56. The minimum atomic E-state index is -1.05. The Morgan fingerprint density at radius 1 is 0.882 bits per heavy atom. The van der Waals surface area contributed by atoms with E-state index in [4.69, 9.17) is 0 Å². The molecule has 0 atom stereocenters. The van der Waals surface area contributed by atoms with E-state index in [0.717, 1.165) is 22.3 Å². The highest BCUT2D eigenvalue weighted by Crippen LogP contribution is 2.48. The molecule has 0 unspecified atom stereocenters. The second-order valence-electron chi connectivity index (χ2n) is 4.50. The van der Waals surface area contributed by atoms with E-state index in [9.17, 15) is 9.90 Å². The molecule has 0 saturated heterocycles. The lowest BCUT2D eigenvalue weighted by Gasteiger charge is -2.19. The Labute approximate surface area is 99.5 Å². The molecule has 83 valence electrons. The largest absolute Gasteiger partial charge is 0.370 e. The number of hydrogen-bond donors (Lipinski definition) is 0. The maximum Gasteiger partial charge on any atom is 0.370 e. The summed E-state index contributed by atoms with van der Waals surface area (Å²) in [7, 11) is 0. The van der Waals surface area contributed by atoms with Crippen molar-refractivity contribution in [1.29, 1.82) is 0 Å². The van der Waals surface area contributed by atoms with Gasteiger partial charge in [-0.1, -0.05) is 48.5 Å². The van der Waals surface area contributed by atoms with Gasteiger partial charge in [0.05, 0.1) is 0 Å². The van der Waals surface area contributed by atoms with E-state index < -0.39 is 11.4 Å². The Bertz CT molecular complexity index is 568. The van der Waals surface area contributed by atoms with Crippen molar-refractivity contribution in [2.45, 2.75) is 12.3 Å². The van der Waals surface area contributed by atoms with Crippen molar-refractivity contribution in [1.82, 2.24) is 0 Å². The van der Waals surface area contributed by atoms with Crippen LogP contribution in [0.25, 0.3) is 11.1 Å². The second kappa shape index (κ2) is 3.20. The van der Waals surface area contributed by atoms with Gasteiger partial charge in [-0.25, -0.2) is 9.90 Å². The molecule has 0 amide bonds. The first kappa shape index (κ1) is 10.1. The third kappa shape index (κ3) is 1.12. The summed E-state index contributed by atoms with van der Waals surface area (Å²) in [5.74, 6) is -1.05. The first-order valence-electron chi connectivity index (χ1n) is 5.56. The molecule has 1 aliphatic carbocycles. The van der Waals surface area contributed by atoms with Gasteiger partial charge in [0.1, 0.15) is 5.41 Å². The third-order valence-corrected chi connectivity index (χ3v) is 3.63. The molecular formula is C15H11O2. The Kier molecular flexibility index (Phi) is 1.90. The molecule has 2 aromatic rings. The van der Waals surface area contributed by atoms with Crippen LogP contribution in [0.4, 0.5) is 0 Å². The van der Waals surface area contributed by atoms with Crippen LogP contribution in [0.15, 0.2) is 48.5 Å². The topological polar surface area (TPSA) is 37.0 Å². The van der Waals surface area contributed by atoms with Gasteiger partial charge in [0.15, 0.2) is 0 Å². The minimum Gasteiger partial charge on any atom is -0.246 e. The van der Waals surface area contributed by atoms with Crippen LogP contribution in [0.1, 0.15) is 18.1 Å². The van der Waals surface area contributed by atoms with Crippen LogP contribution in [-0.2, 0) is 15.3 Å². The van der Waals surface area contributed by atoms with Gasteiger partial charge in [0.25, 0.3) is 0 Å². The van der Waals surface area contributed by atoms with Crippen LogP contribution in [0, 0.1) is 0 Å². The van der Waals surface area contributed by atoms with Crippen molar-refractivity contribution in [3.8, 4) is 11.1 Å². The number of carbonyl (C=O) groups is 1. The standard InChI is InChI=1S/C15H11O2/c1-15(14(16)17)12-8-4-2-6-10(12)11-7-3-5-9-13(11)15/h2-9H,1H3. The molecule has 0 heterocycles. The second-order valence-corrected chi connectivity index (χ2v) is 4.50. The Morgan fingerprint density at radius 2 is 1.29 bits per heavy atom. The van der Waals surface area contributed by atoms with E-state index >= 15 is 0 Å². The van der Waals surface area contributed by atoms with Gasteiger partial charge in [0, 0.05) is 0 Å². The van der Waals surface area contributed by atoms with Gasteiger partial charge in [-0.2, -0.15) is 0 Å². The highest BCUT2D eigenvalue weighted by molar-refractivity contribution is 5.96. The fraction of sp³-hybridized carbons (Fsp3) is 0.133. The minimum absolute atomic E-state index is 0.821. The van der Waals surface area contributed by atoms with Crippen molar-refractivity contribution in [2.24, 2.45) is 0 Å². The van der Waals surface area contributed by atoms with Crippen molar-refractivity contribution >= 4 is 5.97 Å². The van der Waals surface area contributed by atoms with E-state index in [1.807, 2.05) is 48.5 Å². The predicted octanol–water partition coefficient (Wildman–Crippen LogP) is 2.93. The molecular weight excluding hydrogens is 212 g/mol. The summed E-state index contributed by atoms with van der Waals surface area (Å²) in [6.45, 7) is 1.72. The summed E-state index contributed by atoms with van der Waals surface area (Å²) < 4.78 is 0. The molecule has 0 aliphatic heterocycles. The van der Waals surface area contributed by atoms with Gasteiger partial charge in [-0.3, -0.25) is 0 Å². The summed E-state index contributed by atoms with van der Waals surface area (Å²) in [6.07, 6.45) is 0. The van der Waals surface area contributed by atoms with Gasteiger partial charge >= 0.3 is 5.97 Å². The molecule has 1 radical (unpaired) electrons. The predicted molar refractivity (Wildman–Crippen MR) is 64.0 cm³/mol. The number of fused-ring (bicyclic) bond motifs is 3. The van der Waals surface area contributed by atoms with Crippen molar-refractivity contribution in [3.05, 3.63) is 59.7 Å². The molecule has 2 heteroatoms. The fourth-order valence-corrected chi connectivity index (χ4v) is 2.67. The first-order chi connectivity index (χ1) is 8.15. The SMILES string of the molecule is CC1(C([O])=O)c2ccccc2-c2ccccc21. The molecule has 1 aliphatic rings. The Morgan fingerprint density at radius 3 is 1.71 bits per heavy atom. The van der Waals surface area contributed by atoms with E-state index in [2.05, 4.69) is 0 Å². The maximum atomic E-state index is 11.5. The average molecular weight is 223 g/mol. The van der Waals surface area contributed by atoms with Gasteiger partial charge in [-0.05, 0) is 29.2 Å². The molecule has 0 saturated carbocycles. The average Bonchev–Trinajstić information content (AvgIpc) is 2.63. The summed E-state index contributed by atoms with van der Waals surface area (Å²) in [5.41, 5.74) is 2.60. The summed E-state index contributed by atoms with van der Waals surface area (Å²) >= 11 is 0. The Balaban J connectivity index is 2.43. The summed E-state index contributed by atoms with van der Waals surface area (Å²) in [4.78, 5) is 11.5. The zero-order chi connectivity index (χ0) is 12.0. The van der Waals surface area contributed by atoms with E-state index in [-0.39, 0.29) is 0 Å². The number of rotatable bonds is 1. The molecule has 0 bridgehead atoms. The van der Waals surface area contributed by atoms with Gasteiger partial charge in [0.2, 0.25) is 0 Å². The van der Waals surface area contributed by atoms with Crippen LogP contribution in [0.3, 0.4) is 0 Å². The monoisotopic (exact) mass is 223 g/mol. The molecule has 0 fully saturated rings. The maximum absolute atomic E-state index is 11.5. The lowest BCUT2D eigenvalue weighted by molar-refractivity contribution is -0.147. The summed E-state index contributed by atoms with van der Waals surface area (Å²) in [5, 5.41) is 11.5. The molecule has 17 heavy (non-hydrogen) atoms. The zero-order valence-electron chi connectivity index (χ0n) is 9.44. The van der Waals surface area contributed by atoms with Crippen LogP contribution >= 0.6 is 0 Å². The van der Waals surface area contributed by atoms with Crippen molar-refractivity contribution < 1.29 is 9.90 Å². The van der Waals surface area contributed by atoms with Crippen LogP contribution in [0.5, 0.6) is 0 Å². The zero-order valence-corrected chi connectivity index (χ0v) is 9.44. The third-order valence-electron chi connectivity index (χ3n) is 3.63. The summed E-state index contributed by atoms with van der Waals surface area (Å²) in [6, 6.07) is 15.2. The smallest absolute Gasteiger partial charge is 0.246 e. The van der Waals surface area contributed by atoms with E-state index in [1.54, 1.807) is 6.92 Å². The molecule has 3 rings (SSSR count). The lowest BCUT2D eigenvalue weighted by atomic mass is 9.80. The molecule has 0 spiro atoms. The van der Waals surface area contributed by atoms with Crippen LogP contribution in [0.2, 0.25) is 0 Å². The lowest BCUT2D eigenvalue weighted by Crippen LogP contribution is -2.30. The fourth-order valence-electron chi connectivity index (χ4n) is 2.67. The Hall–Kier alpha value is -2.09. The van der Waals surface area contributed by atoms with Gasteiger partial charge in [-0.15, -0.1) is 0 Å². The molecule has 2 aromatic carbocycles. The van der Waals surface area contributed by atoms with Crippen LogP contribution in [-0.4, -0.2) is 5.97 Å². The highest BCUT2D eigenvalue weighted by atomic mass is 16.4. The molecule has 0 N–H and O–H groups in total. The molecule has 0 aromatic heterocycles. The quantitative estimate of drug-likeness (QED) is 0.732. The van der Waals surface area contributed by atoms with Crippen molar-refractivity contribution in [3.63, 3.8) is 0 Å². The van der Waals surface area contributed by atoms with Crippen molar-refractivity contribution in [2.75, 3.05) is 0 Å². The normalized spacial score (nSPS) is 15.1. The number of carbonyl (C=O) groups excluding carboxylic acids is 1. The van der Waals surface area contributed by atoms with E-state index in [1.165, 1.54) is 0 Å². The highest BCUT2D eigenvalue weighted by Gasteiger charge is 2.46. The van der Waals surface area contributed by atoms with Gasteiger partial charge < -0.3 is 0 Å². The number of hydrogen-bond acceptors (Lipinski definition) is 1. The van der Waals surface area contributed by atoms with Crippen LogP contribution < -0.4 is 0 Å². The number of benzene rings is 2.